The van der Waals surface area contributed by atoms with Crippen LogP contribution in [0, 0.1) is 0 Å². The topological polar surface area (TPSA) is 18.5 Å². The Labute approximate surface area is 120 Å². The molecule has 2 nitrogen and oxygen atoms in total. The van der Waals surface area contributed by atoms with E-state index in [0.29, 0.717) is 0 Å². The van der Waals surface area contributed by atoms with E-state index in [2.05, 4.69) is 6.58 Å². The molecule has 0 spiro atoms. The van der Waals surface area contributed by atoms with Crippen LogP contribution in [0.2, 0.25) is 0 Å². The highest BCUT2D eigenvalue weighted by Crippen LogP contribution is 2.20. The fraction of sp³-hybridized carbons (Fsp3) is 0.625. The first-order chi connectivity index (χ1) is 9.43. The van der Waals surface area contributed by atoms with E-state index < -0.39 is 19.1 Å². The molecule has 114 valence electrons. The van der Waals surface area contributed by atoms with Crippen LogP contribution in [-0.4, -0.2) is 31.8 Å². The number of hydrogen-bond acceptors (Lipinski definition) is 2. The van der Waals surface area contributed by atoms with Crippen LogP contribution in [0.25, 0.3) is 0 Å². The summed E-state index contributed by atoms with van der Waals surface area (Å²) in [7, 11) is 0. The summed E-state index contributed by atoms with van der Waals surface area (Å²) in [6, 6.07) is 0. The molecule has 0 unspecified atom stereocenters. The summed E-state index contributed by atoms with van der Waals surface area (Å²) in [5.41, 5.74) is 2.22. The second-order valence-corrected chi connectivity index (χ2v) is 5.33. The lowest BCUT2D eigenvalue weighted by Gasteiger charge is -2.18. The maximum Gasteiger partial charge on any atom is 0.293 e. The molecule has 0 aliphatic heterocycles. The van der Waals surface area contributed by atoms with Gasteiger partial charge in [0.1, 0.15) is 13.2 Å². The third-order valence-electron chi connectivity index (χ3n) is 2.99. The summed E-state index contributed by atoms with van der Waals surface area (Å²) in [6.07, 6.45) is 8.42. The highest BCUT2D eigenvalue weighted by molar-refractivity contribution is 5.27. The molecule has 0 radical (unpaired) electrons. The molecule has 0 bridgehead atoms. The maximum atomic E-state index is 13.4. The highest BCUT2D eigenvalue weighted by atomic mass is 19.3. The number of rotatable bonds is 8. The first-order valence-electron chi connectivity index (χ1n) is 7.01. The van der Waals surface area contributed by atoms with Crippen LogP contribution in [0.3, 0.4) is 0 Å². The molecule has 0 aromatic carbocycles. The molecule has 20 heavy (non-hydrogen) atoms. The van der Waals surface area contributed by atoms with Crippen molar-refractivity contribution in [2.75, 3.05) is 19.8 Å². The number of allylic oxidation sites excluding steroid dienone is 4. The van der Waals surface area contributed by atoms with E-state index in [1.807, 2.05) is 18.2 Å². The molecule has 0 aromatic heterocycles. The third-order valence-corrected chi connectivity index (χ3v) is 2.99. The Morgan fingerprint density at radius 3 is 2.70 bits per heavy atom. The van der Waals surface area contributed by atoms with Gasteiger partial charge in [0.05, 0.1) is 12.7 Å². The summed E-state index contributed by atoms with van der Waals surface area (Å²) in [5.74, 6) is -2.93. The van der Waals surface area contributed by atoms with Crippen LogP contribution in [0.1, 0.15) is 33.1 Å². The number of hydrogen-bond donors (Lipinski definition) is 0. The van der Waals surface area contributed by atoms with E-state index in [4.69, 9.17) is 9.47 Å². The lowest BCUT2D eigenvalue weighted by Crippen LogP contribution is -2.31. The summed E-state index contributed by atoms with van der Waals surface area (Å²) in [4.78, 5) is 0. The van der Waals surface area contributed by atoms with Crippen molar-refractivity contribution in [3.8, 4) is 0 Å². The maximum absolute atomic E-state index is 13.4. The first-order valence-corrected chi connectivity index (χ1v) is 7.01. The molecular formula is C16H24F2O2. The molecule has 0 atom stereocenters. The van der Waals surface area contributed by atoms with Crippen LogP contribution in [0.4, 0.5) is 8.78 Å². The summed E-state index contributed by atoms with van der Waals surface area (Å²) < 4.78 is 37.0. The molecule has 1 aliphatic carbocycles. The van der Waals surface area contributed by atoms with Crippen LogP contribution in [-0.2, 0) is 9.47 Å². The third kappa shape index (κ3) is 6.96. The van der Waals surface area contributed by atoms with Gasteiger partial charge in [-0.2, -0.15) is 0 Å². The van der Waals surface area contributed by atoms with Gasteiger partial charge in [0.25, 0.3) is 5.92 Å². The lowest BCUT2D eigenvalue weighted by molar-refractivity contribution is -0.131. The average Bonchev–Trinajstić information content (AvgIpc) is 2.62. The summed E-state index contributed by atoms with van der Waals surface area (Å²) >= 11 is 0. The minimum atomic E-state index is -2.93. The van der Waals surface area contributed by atoms with Gasteiger partial charge in [-0.25, -0.2) is 8.78 Å². The Kier molecular flexibility index (Phi) is 7.10. The van der Waals surface area contributed by atoms with Gasteiger partial charge in [0.2, 0.25) is 0 Å². The first kappa shape index (κ1) is 17.1. The Morgan fingerprint density at radius 1 is 1.30 bits per heavy atom. The Morgan fingerprint density at radius 2 is 2.05 bits per heavy atom. The molecule has 1 rings (SSSR count). The molecule has 4 heteroatoms. The number of alkyl halides is 2. The quantitative estimate of drug-likeness (QED) is 0.663. The van der Waals surface area contributed by atoms with Crippen LogP contribution < -0.4 is 0 Å². The van der Waals surface area contributed by atoms with Crippen LogP contribution in [0.15, 0.2) is 36.0 Å². The minimum Gasteiger partial charge on any atom is -0.372 e. The van der Waals surface area contributed by atoms with Crippen molar-refractivity contribution >= 4 is 0 Å². The molecule has 1 aliphatic rings. The van der Waals surface area contributed by atoms with Crippen LogP contribution in [0.5, 0.6) is 0 Å². The Bertz CT molecular complexity index is 371. The molecule has 0 N–H and O–H groups in total. The predicted octanol–water partition coefficient (Wildman–Crippen LogP) is 4.29. The van der Waals surface area contributed by atoms with Gasteiger partial charge in [-0.3, -0.25) is 0 Å². The fourth-order valence-electron chi connectivity index (χ4n) is 1.86. The van der Waals surface area contributed by atoms with E-state index in [1.165, 1.54) is 5.57 Å². The van der Waals surface area contributed by atoms with Gasteiger partial charge in [-0.05, 0) is 44.3 Å². The molecule has 0 saturated heterocycles. The zero-order valence-electron chi connectivity index (χ0n) is 12.3. The highest BCUT2D eigenvalue weighted by Gasteiger charge is 2.30. The lowest BCUT2D eigenvalue weighted by atomic mass is 10.1. The summed E-state index contributed by atoms with van der Waals surface area (Å²) in [6.45, 7) is 6.26. The molecule has 0 fully saturated rings. The van der Waals surface area contributed by atoms with Crippen molar-refractivity contribution in [2.45, 2.75) is 45.1 Å². The average molecular weight is 286 g/mol. The normalized spacial score (nSPS) is 16.6. The second kappa shape index (κ2) is 8.32. The van der Waals surface area contributed by atoms with Crippen molar-refractivity contribution < 1.29 is 18.3 Å². The smallest absolute Gasteiger partial charge is 0.293 e. The minimum absolute atomic E-state index is 0.201. The van der Waals surface area contributed by atoms with Crippen molar-refractivity contribution in [1.82, 2.24) is 0 Å². The van der Waals surface area contributed by atoms with Gasteiger partial charge in [0, 0.05) is 0 Å². The van der Waals surface area contributed by atoms with Crippen molar-refractivity contribution in [1.29, 1.82) is 0 Å². The van der Waals surface area contributed by atoms with Gasteiger partial charge in [-0.1, -0.05) is 24.8 Å². The van der Waals surface area contributed by atoms with Crippen molar-refractivity contribution in [3.63, 3.8) is 0 Å². The predicted molar refractivity (Wildman–Crippen MR) is 77.1 cm³/mol. The van der Waals surface area contributed by atoms with Crippen molar-refractivity contribution in [3.05, 3.63) is 36.0 Å². The van der Waals surface area contributed by atoms with Crippen LogP contribution >= 0.6 is 0 Å². The Balaban J connectivity index is 2.34. The zero-order chi connectivity index (χ0) is 15.0. The fourth-order valence-corrected chi connectivity index (χ4v) is 1.86. The van der Waals surface area contributed by atoms with E-state index in [-0.39, 0.29) is 12.7 Å². The molecule has 0 amide bonds. The zero-order valence-corrected chi connectivity index (χ0v) is 12.3. The van der Waals surface area contributed by atoms with E-state index in [1.54, 1.807) is 13.8 Å². The van der Waals surface area contributed by atoms with E-state index >= 15 is 0 Å². The molecule has 0 saturated carbocycles. The Hall–Kier alpha value is -1.00. The summed E-state index contributed by atoms with van der Waals surface area (Å²) in [5, 5.41) is 0. The van der Waals surface area contributed by atoms with Gasteiger partial charge >= 0.3 is 0 Å². The van der Waals surface area contributed by atoms with Gasteiger partial charge in [-0.15, -0.1) is 0 Å². The number of ether oxygens (including phenoxy) is 2. The second-order valence-electron chi connectivity index (χ2n) is 5.33. The monoisotopic (exact) mass is 286 g/mol. The van der Waals surface area contributed by atoms with E-state index in [9.17, 15) is 8.78 Å². The standard InChI is InChI=1S/C16H24F2O2/c1-4-14-6-5-7-15(9-8-14)10-19-11-16(17,18)12-20-13(2)3/h4,8-9,13H,1,5-7,10-12H2,2-3H3. The van der Waals surface area contributed by atoms with Crippen molar-refractivity contribution in [2.24, 2.45) is 0 Å². The largest absolute Gasteiger partial charge is 0.372 e. The van der Waals surface area contributed by atoms with Gasteiger partial charge in [0.15, 0.2) is 0 Å². The molecule has 0 heterocycles. The number of halogens is 2. The van der Waals surface area contributed by atoms with Gasteiger partial charge < -0.3 is 9.47 Å². The SMILES string of the molecule is C=CC1=CC=C(COCC(F)(F)COC(C)C)CCC1. The molecule has 0 aromatic rings. The van der Waals surface area contributed by atoms with E-state index in [0.717, 1.165) is 24.8 Å². The molecular weight excluding hydrogens is 262 g/mol.